The fourth-order valence-corrected chi connectivity index (χ4v) is 4.25. The van der Waals surface area contributed by atoms with Gasteiger partial charge in [-0.3, -0.25) is 19.3 Å². The smallest absolute Gasteiger partial charge is 0.261 e. The lowest BCUT2D eigenvalue weighted by Gasteiger charge is -2.13. The van der Waals surface area contributed by atoms with Gasteiger partial charge in [0.15, 0.2) is 5.82 Å². The van der Waals surface area contributed by atoms with Crippen LogP contribution in [0, 0.1) is 6.92 Å². The molecule has 0 unspecified atom stereocenters. The maximum atomic E-state index is 12.4. The number of aryl methyl sites for hydroxylation is 1. The summed E-state index contributed by atoms with van der Waals surface area (Å²) in [6, 6.07) is 0. The lowest BCUT2D eigenvalue weighted by molar-refractivity contribution is -0.141. The van der Waals surface area contributed by atoms with Gasteiger partial charge in [-0.25, -0.2) is 0 Å². The molecule has 4 rings (SSSR count). The molecule has 136 valence electrons. The van der Waals surface area contributed by atoms with E-state index in [-0.39, 0.29) is 31.2 Å². The standard InChI is InChI=1S/C16H16N4O5S/c1-8-17-15(25-19-8)14-9-4-5-24-7-10(9)26-16(14)18-11(21)6-20-12(22)2-3-13(20)23/h2-7H2,1H3,(H,18,21). The van der Waals surface area contributed by atoms with Gasteiger partial charge < -0.3 is 14.6 Å². The van der Waals surface area contributed by atoms with E-state index in [0.29, 0.717) is 41.9 Å². The summed E-state index contributed by atoms with van der Waals surface area (Å²) in [7, 11) is 0. The van der Waals surface area contributed by atoms with Gasteiger partial charge in [-0.2, -0.15) is 4.98 Å². The molecule has 0 saturated carbocycles. The molecule has 2 aromatic heterocycles. The van der Waals surface area contributed by atoms with Crippen LogP contribution in [-0.2, 0) is 32.1 Å². The maximum Gasteiger partial charge on any atom is 0.261 e. The number of nitrogens with zero attached hydrogens (tertiary/aromatic N) is 3. The summed E-state index contributed by atoms with van der Waals surface area (Å²) >= 11 is 1.38. The summed E-state index contributed by atoms with van der Waals surface area (Å²) in [5.74, 6) is -0.248. The number of hydrogen-bond donors (Lipinski definition) is 1. The molecular weight excluding hydrogens is 360 g/mol. The van der Waals surface area contributed by atoms with Crippen LogP contribution in [0.25, 0.3) is 11.5 Å². The van der Waals surface area contributed by atoms with Crippen LogP contribution >= 0.6 is 11.3 Å². The van der Waals surface area contributed by atoms with E-state index in [4.69, 9.17) is 9.26 Å². The number of likely N-dealkylation sites (tertiary alicyclic amines) is 1. The zero-order chi connectivity index (χ0) is 18.3. The van der Waals surface area contributed by atoms with E-state index in [2.05, 4.69) is 15.5 Å². The Balaban J connectivity index is 1.61. The quantitative estimate of drug-likeness (QED) is 0.799. The second-order valence-electron chi connectivity index (χ2n) is 6.08. The van der Waals surface area contributed by atoms with Gasteiger partial charge in [0.05, 0.1) is 18.8 Å². The first kappa shape index (κ1) is 16.9. The summed E-state index contributed by atoms with van der Waals surface area (Å²) < 4.78 is 10.8. The van der Waals surface area contributed by atoms with Gasteiger partial charge in [-0.15, -0.1) is 11.3 Å². The number of carbonyl (C=O) groups is 3. The van der Waals surface area contributed by atoms with Crippen molar-refractivity contribution in [3.05, 3.63) is 16.3 Å². The predicted molar refractivity (Wildman–Crippen MR) is 90.3 cm³/mol. The molecule has 4 heterocycles. The minimum Gasteiger partial charge on any atom is -0.376 e. The Labute approximate surface area is 152 Å². The van der Waals surface area contributed by atoms with Crippen LogP contribution in [0.3, 0.4) is 0 Å². The van der Waals surface area contributed by atoms with Crippen molar-refractivity contribution in [2.24, 2.45) is 0 Å². The van der Waals surface area contributed by atoms with Crippen LogP contribution < -0.4 is 5.32 Å². The van der Waals surface area contributed by atoms with E-state index >= 15 is 0 Å². The minimum absolute atomic E-state index is 0.156. The largest absolute Gasteiger partial charge is 0.376 e. The second-order valence-corrected chi connectivity index (χ2v) is 7.18. The summed E-state index contributed by atoms with van der Waals surface area (Å²) in [5, 5.41) is 7.18. The summed E-state index contributed by atoms with van der Waals surface area (Å²) in [5.41, 5.74) is 1.72. The van der Waals surface area contributed by atoms with Crippen LogP contribution in [0.5, 0.6) is 0 Å². The molecule has 1 fully saturated rings. The lowest BCUT2D eigenvalue weighted by atomic mass is 10.1. The van der Waals surface area contributed by atoms with Crippen molar-refractivity contribution in [2.45, 2.75) is 32.8 Å². The highest BCUT2D eigenvalue weighted by atomic mass is 32.1. The first-order valence-electron chi connectivity index (χ1n) is 8.19. The van der Waals surface area contributed by atoms with Crippen molar-refractivity contribution in [1.82, 2.24) is 15.0 Å². The normalized spacial score (nSPS) is 16.9. The fourth-order valence-electron chi connectivity index (χ4n) is 3.05. The summed E-state index contributed by atoms with van der Waals surface area (Å²) in [6.45, 7) is 2.46. The Morgan fingerprint density at radius 1 is 1.27 bits per heavy atom. The molecule has 0 bridgehead atoms. The third-order valence-electron chi connectivity index (χ3n) is 4.27. The highest BCUT2D eigenvalue weighted by molar-refractivity contribution is 7.17. The van der Waals surface area contributed by atoms with Gasteiger partial charge in [-0.05, 0) is 18.9 Å². The molecule has 0 atom stereocenters. The Morgan fingerprint density at radius 3 is 2.73 bits per heavy atom. The monoisotopic (exact) mass is 376 g/mol. The van der Waals surface area contributed by atoms with E-state index in [1.165, 1.54) is 11.3 Å². The number of rotatable bonds is 4. The van der Waals surface area contributed by atoms with E-state index in [0.717, 1.165) is 15.3 Å². The number of nitrogens with one attached hydrogen (secondary N) is 1. The average Bonchev–Trinajstić information content (AvgIpc) is 3.27. The highest BCUT2D eigenvalue weighted by Gasteiger charge is 2.32. The molecule has 2 aliphatic heterocycles. The zero-order valence-electron chi connectivity index (χ0n) is 14.0. The number of amides is 3. The Morgan fingerprint density at radius 2 is 2.04 bits per heavy atom. The topological polar surface area (TPSA) is 115 Å². The molecule has 9 nitrogen and oxygen atoms in total. The van der Waals surface area contributed by atoms with Crippen LogP contribution in [0.2, 0.25) is 0 Å². The zero-order valence-corrected chi connectivity index (χ0v) is 14.9. The fraction of sp³-hybridized carbons (Fsp3) is 0.438. The van der Waals surface area contributed by atoms with Gasteiger partial charge in [0.2, 0.25) is 17.7 Å². The maximum absolute atomic E-state index is 12.4. The molecule has 26 heavy (non-hydrogen) atoms. The lowest BCUT2D eigenvalue weighted by Crippen LogP contribution is -2.36. The van der Waals surface area contributed by atoms with E-state index < -0.39 is 5.91 Å². The van der Waals surface area contributed by atoms with E-state index in [1.54, 1.807) is 6.92 Å². The summed E-state index contributed by atoms with van der Waals surface area (Å²) in [6.07, 6.45) is 0.994. The van der Waals surface area contributed by atoms with Gasteiger partial charge in [0.1, 0.15) is 11.5 Å². The van der Waals surface area contributed by atoms with Gasteiger partial charge in [0.25, 0.3) is 5.89 Å². The number of carbonyl (C=O) groups excluding carboxylic acids is 3. The third kappa shape index (κ3) is 3.01. The number of aromatic nitrogens is 2. The predicted octanol–water partition coefficient (Wildman–Crippen LogP) is 1.27. The minimum atomic E-state index is -0.439. The van der Waals surface area contributed by atoms with Crippen LogP contribution in [0.4, 0.5) is 5.00 Å². The van der Waals surface area contributed by atoms with Crippen LogP contribution in [0.1, 0.15) is 29.1 Å². The molecule has 1 N–H and O–H groups in total. The van der Waals surface area contributed by atoms with Crippen molar-refractivity contribution in [1.29, 1.82) is 0 Å². The number of anilines is 1. The number of fused-ring (bicyclic) bond motifs is 1. The molecule has 1 saturated heterocycles. The Bertz CT molecular complexity index is 887. The number of hydrogen-bond acceptors (Lipinski definition) is 8. The molecule has 0 radical (unpaired) electrons. The summed E-state index contributed by atoms with van der Waals surface area (Å²) in [4.78, 5) is 42.1. The molecule has 2 aromatic rings. The van der Waals surface area contributed by atoms with Crippen LogP contribution in [-0.4, -0.2) is 45.9 Å². The van der Waals surface area contributed by atoms with Gasteiger partial charge in [0, 0.05) is 17.7 Å². The van der Waals surface area contributed by atoms with Crippen molar-refractivity contribution >= 4 is 34.1 Å². The van der Waals surface area contributed by atoms with Crippen molar-refractivity contribution in [3.8, 4) is 11.5 Å². The van der Waals surface area contributed by atoms with E-state index in [9.17, 15) is 14.4 Å². The van der Waals surface area contributed by atoms with Crippen molar-refractivity contribution < 1.29 is 23.6 Å². The molecule has 3 amide bonds. The Kier molecular flexibility index (Phi) is 4.29. The average molecular weight is 376 g/mol. The van der Waals surface area contributed by atoms with Crippen molar-refractivity contribution in [2.75, 3.05) is 18.5 Å². The molecule has 0 aromatic carbocycles. The molecule has 2 aliphatic rings. The second kappa shape index (κ2) is 6.61. The van der Waals surface area contributed by atoms with E-state index in [1.807, 2.05) is 0 Å². The number of thiophene rings is 1. The van der Waals surface area contributed by atoms with Gasteiger partial charge in [-0.1, -0.05) is 5.16 Å². The first-order valence-corrected chi connectivity index (χ1v) is 9.00. The third-order valence-corrected chi connectivity index (χ3v) is 5.39. The first-order chi connectivity index (χ1) is 12.5. The highest BCUT2D eigenvalue weighted by Crippen LogP contribution is 2.42. The SMILES string of the molecule is Cc1noc(-c2c(NC(=O)CN3C(=O)CCC3=O)sc3c2CCOC3)n1. The number of imide groups is 1. The van der Waals surface area contributed by atoms with Crippen molar-refractivity contribution in [3.63, 3.8) is 0 Å². The molecular formula is C16H16N4O5S. The molecule has 10 heteroatoms. The van der Waals surface area contributed by atoms with Crippen LogP contribution in [0.15, 0.2) is 4.52 Å². The molecule has 0 spiro atoms. The number of ether oxygens (including phenoxy) is 1. The molecule has 0 aliphatic carbocycles. The van der Waals surface area contributed by atoms with Gasteiger partial charge >= 0.3 is 0 Å². The Hall–Kier alpha value is -2.59.